The van der Waals surface area contributed by atoms with Crippen molar-refractivity contribution in [2.75, 3.05) is 6.26 Å². The molecule has 1 heterocycles. The van der Waals surface area contributed by atoms with Gasteiger partial charge in [0.2, 0.25) is 6.29 Å². The molecule has 0 radical (unpaired) electrons. The van der Waals surface area contributed by atoms with Crippen LogP contribution in [0, 0.1) is 0 Å². The summed E-state index contributed by atoms with van der Waals surface area (Å²) in [5, 5.41) is 3.54. The lowest BCUT2D eigenvalue weighted by Crippen LogP contribution is -1.83. The van der Waals surface area contributed by atoms with Gasteiger partial charge in [-0.3, -0.25) is 4.79 Å². The average molecular weight is 158 g/mol. The highest BCUT2D eigenvalue weighted by Crippen LogP contribution is 2.03. The lowest BCUT2D eigenvalue weighted by molar-refractivity contribution is 0.108. The number of hydrogen-bond donors (Lipinski definition) is 0. The van der Waals surface area contributed by atoms with Crippen molar-refractivity contribution in [2.24, 2.45) is 0 Å². The fourth-order valence-electron chi connectivity index (χ4n) is 0.503. The third-order valence-electron chi connectivity index (χ3n) is 0.858. The molecule has 0 aromatic carbocycles. The zero-order valence-corrected chi connectivity index (χ0v) is 6.22. The van der Waals surface area contributed by atoms with Crippen LogP contribution in [0.1, 0.15) is 16.5 Å². The maximum absolute atomic E-state index is 10.0. The van der Waals surface area contributed by atoms with E-state index < -0.39 is 0 Å². The first kappa shape index (κ1) is 7.27. The smallest absolute Gasteiger partial charge is 0.290 e. The molecule has 0 saturated heterocycles. The Hall–Kier alpha value is -0.840. The average Bonchev–Trinajstić information content (AvgIpc) is 2.37. The molecule has 0 aliphatic rings. The van der Waals surface area contributed by atoms with Gasteiger partial charge >= 0.3 is 0 Å². The number of carbonyl (C=O) groups excluding carboxylic acids is 1. The Labute approximate surface area is 62.0 Å². The van der Waals surface area contributed by atoms with E-state index in [2.05, 4.69) is 14.7 Å². The first-order valence-corrected chi connectivity index (χ1v) is 4.03. The number of carbonyl (C=O) groups is 1. The minimum atomic E-state index is 0.0454. The van der Waals surface area contributed by atoms with E-state index in [4.69, 9.17) is 0 Å². The van der Waals surface area contributed by atoms with E-state index in [0.717, 1.165) is 0 Å². The standard InChI is InChI=1S/C5H6N2O2S/c1-10-3-4-6-5(2-8)9-7-4/h2H,3H2,1H3. The number of aromatic nitrogens is 2. The van der Waals surface area contributed by atoms with Gasteiger partial charge in [-0.05, 0) is 6.26 Å². The molecule has 0 N–H and O–H groups in total. The van der Waals surface area contributed by atoms with E-state index in [0.29, 0.717) is 17.9 Å². The van der Waals surface area contributed by atoms with E-state index in [1.165, 1.54) is 0 Å². The summed E-state index contributed by atoms with van der Waals surface area (Å²) >= 11 is 1.58. The molecule has 1 rings (SSSR count). The number of aldehydes is 1. The van der Waals surface area contributed by atoms with Crippen LogP contribution in [0.4, 0.5) is 0 Å². The summed E-state index contributed by atoms with van der Waals surface area (Å²) < 4.78 is 4.52. The summed E-state index contributed by atoms with van der Waals surface area (Å²) in [5.74, 6) is 1.29. The van der Waals surface area contributed by atoms with Gasteiger partial charge in [0.05, 0.1) is 5.75 Å². The van der Waals surface area contributed by atoms with E-state index in [1.54, 1.807) is 11.8 Å². The third kappa shape index (κ3) is 1.57. The second kappa shape index (κ2) is 3.36. The molecule has 0 atom stereocenters. The van der Waals surface area contributed by atoms with Gasteiger partial charge in [0.25, 0.3) is 5.89 Å². The van der Waals surface area contributed by atoms with E-state index in [9.17, 15) is 4.79 Å². The van der Waals surface area contributed by atoms with Crippen molar-refractivity contribution in [1.82, 2.24) is 10.1 Å². The van der Waals surface area contributed by atoms with Crippen molar-refractivity contribution < 1.29 is 9.32 Å². The van der Waals surface area contributed by atoms with Gasteiger partial charge in [-0.25, -0.2) is 0 Å². The molecule has 0 fully saturated rings. The second-order valence-electron chi connectivity index (χ2n) is 1.60. The van der Waals surface area contributed by atoms with Crippen LogP contribution in [0.25, 0.3) is 0 Å². The van der Waals surface area contributed by atoms with Crippen LogP contribution in [0.2, 0.25) is 0 Å². The SMILES string of the molecule is CSCc1noc(C=O)n1. The van der Waals surface area contributed by atoms with Crippen LogP contribution >= 0.6 is 11.8 Å². The van der Waals surface area contributed by atoms with Crippen LogP contribution in [-0.2, 0) is 5.75 Å². The molecule has 0 amide bonds. The maximum Gasteiger partial charge on any atom is 0.290 e. The summed E-state index contributed by atoms with van der Waals surface area (Å²) in [7, 11) is 0. The molecule has 1 aromatic rings. The predicted molar refractivity (Wildman–Crippen MR) is 36.9 cm³/mol. The quantitative estimate of drug-likeness (QED) is 0.607. The molecule has 0 aliphatic heterocycles. The largest absolute Gasteiger partial charge is 0.331 e. The number of rotatable bonds is 3. The maximum atomic E-state index is 10.0. The second-order valence-corrected chi connectivity index (χ2v) is 2.47. The van der Waals surface area contributed by atoms with E-state index in [1.807, 2.05) is 6.26 Å². The topological polar surface area (TPSA) is 56.0 Å². The van der Waals surface area contributed by atoms with Crippen molar-refractivity contribution in [3.63, 3.8) is 0 Å². The van der Waals surface area contributed by atoms with Crippen LogP contribution < -0.4 is 0 Å². The van der Waals surface area contributed by atoms with Gasteiger partial charge in [0, 0.05) is 0 Å². The summed E-state index contributed by atoms with van der Waals surface area (Å²) in [6.45, 7) is 0. The summed E-state index contributed by atoms with van der Waals surface area (Å²) in [4.78, 5) is 13.8. The van der Waals surface area contributed by atoms with Gasteiger partial charge in [-0.1, -0.05) is 5.16 Å². The van der Waals surface area contributed by atoms with Crippen LogP contribution in [0.5, 0.6) is 0 Å². The zero-order chi connectivity index (χ0) is 7.40. The summed E-state index contributed by atoms with van der Waals surface area (Å²) in [6.07, 6.45) is 2.47. The molecule has 0 aliphatic carbocycles. The molecule has 0 unspecified atom stereocenters. The monoisotopic (exact) mass is 158 g/mol. The third-order valence-corrected chi connectivity index (χ3v) is 1.40. The lowest BCUT2D eigenvalue weighted by Gasteiger charge is -1.81. The van der Waals surface area contributed by atoms with Gasteiger partial charge < -0.3 is 4.52 Å². The molecule has 0 bridgehead atoms. The Kier molecular flexibility index (Phi) is 2.44. The minimum absolute atomic E-state index is 0.0454. The molecule has 4 nitrogen and oxygen atoms in total. The van der Waals surface area contributed by atoms with Crippen molar-refractivity contribution in [3.05, 3.63) is 11.7 Å². The zero-order valence-electron chi connectivity index (χ0n) is 5.40. The molecular formula is C5H6N2O2S. The van der Waals surface area contributed by atoms with Crippen molar-refractivity contribution in [1.29, 1.82) is 0 Å². The molecule has 1 aromatic heterocycles. The Balaban J connectivity index is 2.68. The molecule has 10 heavy (non-hydrogen) atoms. The van der Waals surface area contributed by atoms with Gasteiger partial charge in [0.1, 0.15) is 0 Å². The normalized spacial score (nSPS) is 9.70. The number of hydrogen-bond acceptors (Lipinski definition) is 5. The fraction of sp³-hybridized carbons (Fsp3) is 0.400. The lowest BCUT2D eigenvalue weighted by atomic mass is 10.7. The van der Waals surface area contributed by atoms with E-state index >= 15 is 0 Å². The molecule has 0 spiro atoms. The predicted octanol–water partition coefficient (Wildman–Crippen LogP) is 0.745. The molecule has 54 valence electrons. The van der Waals surface area contributed by atoms with Crippen LogP contribution in [0.3, 0.4) is 0 Å². The van der Waals surface area contributed by atoms with Crippen LogP contribution in [-0.4, -0.2) is 22.7 Å². The van der Waals surface area contributed by atoms with Gasteiger partial charge in [-0.15, -0.1) is 0 Å². The Morgan fingerprint density at radius 2 is 2.60 bits per heavy atom. The first-order valence-electron chi connectivity index (χ1n) is 2.63. The highest BCUT2D eigenvalue weighted by atomic mass is 32.2. The van der Waals surface area contributed by atoms with Gasteiger partial charge in [-0.2, -0.15) is 16.7 Å². The molecular weight excluding hydrogens is 152 g/mol. The first-order chi connectivity index (χ1) is 4.86. The van der Waals surface area contributed by atoms with Crippen molar-refractivity contribution in [3.8, 4) is 0 Å². The highest BCUT2D eigenvalue weighted by Gasteiger charge is 2.01. The van der Waals surface area contributed by atoms with Crippen LogP contribution in [0.15, 0.2) is 4.52 Å². The van der Waals surface area contributed by atoms with E-state index in [-0.39, 0.29) is 5.89 Å². The fourth-order valence-corrected chi connectivity index (χ4v) is 0.879. The Bertz CT molecular complexity index is 223. The van der Waals surface area contributed by atoms with Gasteiger partial charge in [0.15, 0.2) is 5.82 Å². The minimum Gasteiger partial charge on any atom is -0.331 e. The highest BCUT2D eigenvalue weighted by molar-refractivity contribution is 7.97. The van der Waals surface area contributed by atoms with Crippen molar-refractivity contribution in [2.45, 2.75) is 5.75 Å². The molecule has 5 heteroatoms. The van der Waals surface area contributed by atoms with Crippen molar-refractivity contribution >= 4 is 18.0 Å². The summed E-state index contributed by atoms with van der Waals surface area (Å²) in [5.41, 5.74) is 0. The Morgan fingerprint density at radius 3 is 3.10 bits per heavy atom. The number of nitrogens with zero attached hydrogens (tertiary/aromatic N) is 2. The number of thioether (sulfide) groups is 1. The molecule has 0 saturated carbocycles. The Morgan fingerprint density at radius 1 is 1.80 bits per heavy atom. The summed E-state index contributed by atoms with van der Waals surface area (Å²) in [6, 6.07) is 0.